The topological polar surface area (TPSA) is 72.3 Å². The summed E-state index contributed by atoms with van der Waals surface area (Å²) in [5.41, 5.74) is 0.874. The normalized spacial score (nSPS) is 15.3. The number of rotatable bonds is 1. The Kier molecular flexibility index (Phi) is 3.27. The predicted molar refractivity (Wildman–Crippen MR) is 81.9 cm³/mol. The maximum atomic E-state index is 12.2. The number of halogens is 1. The van der Waals surface area contributed by atoms with Gasteiger partial charge in [-0.3, -0.25) is 0 Å². The molecule has 0 fully saturated rings. The van der Waals surface area contributed by atoms with E-state index in [1.54, 1.807) is 44.2 Å². The van der Waals surface area contributed by atoms with E-state index < -0.39 is 5.72 Å². The molecule has 0 N–H and O–H groups in total. The summed E-state index contributed by atoms with van der Waals surface area (Å²) >= 11 is 6.19. The van der Waals surface area contributed by atoms with Crippen LogP contribution in [0.25, 0.3) is 0 Å². The largest absolute Gasteiger partial charge is 0.618 e. The van der Waals surface area contributed by atoms with Crippen LogP contribution in [0.15, 0.2) is 41.5 Å². The number of aromatic nitrogens is 1. The number of aliphatic imine (C=N–C) groups is 1. The SMILES string of the molecule is CC1(C)N=C(c2c(Cl)ccc[n+]2[O-])c2cc(C#N)ccc2O1. The van der Waals surface area contributed by atoms with Gasteiger partial charge in [0.15, 0.2) is 11.9 Å². The van der Waals surface area contributed by atoms with Gasteiger partial charge in [0.05, 0.1) is 17.2 Å². The van der Waals surface area contributed by atoms with Crippen molar-refractivity contribution in [3.05, 3.63) is 63.6 Å². The minimum atomic E-state index is -0.831. The molecule has 1 aliphatic heterocycles. The van der Waals surface area contributed by atoms with E-state index in [0.29, 0.717) is 32.3 Å². The number of hydrogen-bond donors (Lipinski definition) is 0. The number of fused-ring (bicyclic) bond motifs is 1. The fourth-order valence-electron chi connectivity index (χ4n) is 2.36. The molecule has 1 aromatic heterocycles. The second-order valence-electron chi connectivity index (χ2n) is 5.36. The summed E-state index contributed by atoms with van der Waals surface area (Å²) in [6, 6.07) is 10.3. The van der Waals surface area contributed by atoms with Gasteiger partial charge in [-0.15, -0.1) is 0 Å². The molecule has 22 heavy (non-hydrogen) atoms. The molecule has 2 heterocycles. The van der Waals surface area contributed by atoms with Crippen LogP contribution in [-0.4, -0.2) is 11.4 Å². The average Bonchev–Trinajstić information content (AvgIpc) is 2.45. The van der Waals surface area contributed by atoms with Gasteiger partial charge in [0, 0.05) is 6.07 Å². The van der Waals surface area contributed by atoms with E-state index in [1.165, 1.54) is 6.20 Å². The van der Waals surface area contributed by atoms with Crippen LogP contribution in [-0.2, 0) is 0 Å². The van der Waals surface area contributed by atoms with Crippen LogP contribution in [0, 0.1) is 16.5 Å². The summed E-state index contributed by atoms with van der Waals surface area (Å²) in [4.78, 5) is 4.50. The van der Waals surface area contributed by atoms with Crippen LogP contribution < -0.4 is 9.47 Å². The second-order valence-corrected chi connectivity index (χ2v) is 5.77. The molecule has 0 unspecified atom stereocenters. The molecule has 0 bridgehead atoms. The van der Waals surface area contributed by atoms with Gasteiger partial charge in [-0.1, -0.05) is 11.6 Å². The van der Waals surface area contributed by atoms with Gasteiger partial charge in [-0.25, -0.2) is 4.99 Å². The molecule has 1 aromatic carbocycles. The summed E-state index contributed by atoms with van der Waals surface area (Å²) in [5, 5.41) is 21.5. The zero-order valence-electron chi connectivity index (χ0n) is 12.0. The Labute approximate surface area is 132 Å². The van der Waals surface area contributed by atoms with Crippen molar-refractivity contribution < 1.29 is 9.47 Å². The highest BCUT2D eigenvalue weighted by Gasteiger charge is 2.33. The third-order valence-corrected chi connectivity index (χ3v) is 3.54. The molecule has 0 amide bonds. The summed E-state index contributed by atoms with van der Waals surface area (Å²) in [6.45, 7) is 3.58. The van der Waals surface area contributed by atoms with Crippen molar-refractivity contribution in [3.8, 4) is 11.8 Å². The number of ether oxygens (including phenoxy) is 1. The van der Waals surface area contributed by atoms with Gasteiger partial charge >= 0.3 is 0 Å². The first-order chi connectivity index (χ1) is 10.4. The van der Waals surface area contributed by atoms with Crippen LogP contribution in [0.4, 0.5) is 0 Å². The number of nitriles is 1. The van der Waals surface area contributed by atoms with E-state index in [-0.39, 0.29) is 5.69 Å². The summed E-state index contributed by atoms with van der Waals surface area (Å²) in [7, 11) is 0. The van der Waals surface area contributed by atoms with Gasteiger partial charge in [-0.2, -0.15) is 9.99 Å². The fourth-order valence-corrected chi connectivity index (χ4v) is 2.60. The highest BCUT2D eigenvalue weighted by molar-refractivity contribution is 6.35. The predicted octanol–water partition coefficient (Wildman–Crippen LogP) is 2.81. The van der Waals surface area contributed by atoms with Crippen molar-refractivity contribution in [1.29, 1.82) is 5.26 Å². The Morgan fingerprint density at radius 2 is 2.14 bits per heavy atom. The van der Waals surface area contributed by atoms with Crippen molar-refractivity contribution >= 4 is 17.3 Å². The summed E-state index contributed by atoms with van der Waals surface area (Å²) < 4.78 is 6.47. The van der Waals surface area contributed by atoms with E-state index in [9.17, 15) is 5.21 Å². The Bertz CT molecular complexity index is 818. The third-order valence-electron chi connectivity index (χ3n) is 3.24. The molecular formula is C16H12ClN3O2. The maximum Gasteiger partial charge on any atom is 0.261 e. The van der Waals surface area contributed by atoms with Crippen LogP contribution in [0.1, 0.15) is 30.7 Å². The van der Waals surface area contributed by atoms with Crippen LogP contribution >= 0.6 is 11.6 Å². The van der Waals surface area contributed by atoms with Crippen molar-refractivity contribution in [2.45, 2.75) is 19.6 Å². The molecule has 6 heteroatoms. The average molecular weight is 314 g/mol. The molecule has 0 saturated heterocycles. The number of benzene rings is 1. The molecule has 0 spiro atoms. The molecule has 3 rings (SSSR count). The highest BCUT2D eigenvalue weighted by Crippen LogP contribution is 2.33. The van der Waals surface area contributed by atoms with Gasteiger partial charge in [0.2, 0.25) is 0 Å². The quantitative estimate of drug-likeness (QED) is 0.600. The molecule has 0 saturated carbocycles. The van der Waals surface area contributed by atoms with Gasteiger partial charge in [-0.05, 0) is 38.1 Å². The van der Waals surface area contributed by atoms with E-state index >= 15 is 0 Å². The maximum absolute atomic E-state index is 12.2. The third kappa shape index (κ3) is 2.38. The molecule has 2 aromatic rings. The molecule has 110 valence electrons. The smallest absolute Gasteiger partial charge is 0.261 e. The zero-order valence-corrected chi connectivity index (χ0v) is 12.8. The van der Waals surface area contributed by atoms with Crippen molar-refractivity contribution in [3.63, 3.8) is 0 Å². The van der Waals surface area contributed by atoms with E-state index in [0.717, 1.165) is 0 Å². The van der Waals surface area contributed by atoms with Crippen LogP contribution in [0.3, 0.4) is 0 Å². The Morgan fingerprint density at radius 1 is 1.36 bits per heavy atom. The summed E-state index contributed by atoms with van der Waals surface area (Å²) in [5.74, 6) is 0.564. The van der Waals surface area contributed by atoms with Crippen molar-refractivity contribution in [1.82, 2.24) is 0 Å². The monoisotopic (exact) mass is 313 g/mol. The van der Waals surface area contributed by atoms with Crippen molar-refractivity contribution in [2.75, 3.05) is 0 Å². The highest BCUT2D eigenvalue weighted by atomic mass is 35.5. The lowest BCUT2D eigenvalue weighted by Crippen LogP contribution is -2.39. The first kappa shape index (κ1) is 14.4. The molecule has 0 aliphatic carbocycles. The standard InChI is InChI=1S/C16H12ClN3O2/c1-16(2)19-14(15-12(17)4-3-7-20(15)21)11-8-10(9-18)5-6-13(11)22-16/h3-8H,1-2H3. The Hall–Kier alpha value is -2.58. The van der Waals surface area contributed by atoms with E-state index in [4.69, 9.17) is 21.6 Å². The lowest BCUT2D eigenvalue weighted by Gasteiger charge is -2.29. The molecule has 1 aliphatic rings. The van der Waals surface area contributed by atoms with Crippen molar-refractivity contribution in [2.24, 2.45) is 4.99 Å². The van der Waals surface area contributed by atoms with Gasteiger partial charge in [0.25, 0.3) is 5.69 Å². The summed E-state index contributed by atoms with van der Waals surface area (Å²) in [6.07, 6.45) is 1.36. The Balaban J connectivity index is 2.30. The lowest BCUT2D eigenvalue weighted by atomic mass is 10.0. The van der Waals surface area contributed by atoms with Crippen LogP contribution in [0.2, 0.25) is 5.02 Å². The molecule has 0 radical (unpaired) electrons. The Morgan fingerprint density at radius 3 is 2.82 bits per heavy atom. The number of pyridine rings is 1. The van der Waals surface area contributed by atoms with Gasteiger partial charge < -0.3 is 9.94 Å². The number of hydrogen-bond acceptors (Lipinski definition) is 4. The zero-order chi connectivity index (χ0) is 15.9. The fraction of sp³-hybridized carbons (Fsp3) is 0.188. The van der Waals surface area contributed by atoms with Crippen LogP contribution in [0.5, 0.6) is 5.75 Å². The number of nitrogens with zero attached hydrogens (tertiary/aromatic N) is 3. The van der Waals surface area contributed by atoms with E-state index in [2.05, 4.69) is 11.1 Å². The minimum Gasteiger partial charge on any atom is -0.618 e. The van der Waals surface area contributed by atoms with E-state index in [1.807, 2.05) is 0 Å². The minimum absolute atomic E-state index is 0.247. The molecule has 0 atom stereocenters. The second kappa shape index (κ2) is 5.00. The first-order valence-corrected chi connectivity index (χ1v) is 7.00. The lowest BCUT2D eigenvalue weighted by molar-refractivity contribution is -0.606. The molecule has 5 nitrogen and oxygen atoms in total. The first-order valence-electron chi connectivity index (χ1n) is 6.63. The molecular weight excluding hydrogens is 302 g/mol. The van der Waals surface area contributed by atoms with Gasteiger partial charge in [0.1, 0.15) is 16.5 Å².